The number of nitrogens with zero attached hydrogens (tertiary/aromatic N) is 3. The molecule has 1 amide bonds. The van der Waals surface area contributed by atoms with Crippen molar-refractivity contribution in [3.05, 3.63) is 40.5 Å². The Kier molecular flexibility index (Phi) is 7.36. The van der Waals surface area contributed by atoms with Crippen molar-refractivity contribution in [1.29, 1.82) is 0 Å². The van der Waals surface area contributed by atoms with Gasteiger partial charge in [0.2, 0.25) is 0 Å². The number of aromatic nitrogens is 1. The molecule has 2 saturated heterocycles. The Labute approximate surface area is 192 Å². The molecule has 0 bridgehead atoms. The largest absolute Gasteiger partial charge is 0.483 e. The van der Waals surface area contributed by atoms with Crippen LogP contribution < -0.4 is 0 Å². The monoisotopic (exact) mass is 461 g/mol. The zero-order valence-corrected chi connectivity index (χ0v) is 19.3. The Hall–Kier alpha value is -2.71. The first-order valence-corrected chi connectivity index (χ1v) is 10.9. The summed E-state index contributed by atoms with van der Waals surface area (Å²) in [6.07, 6.45) is 1.96. The summed E-state index contributed by atoms with van der Waals surface area (Å²) in [4.78, 5) is 42.6. The van der Waals surface area contributed by atoms with Crippen LogP contribution >= 0.6 is 11.6 Å². The van der Waals surface area contributed by atoms with Crippen molar-refractivity contribution >= 4 is 40.9 Å². The molecule has 0 saturated carbocycles. The van der Waals surface area contributed by atoms with Gasteiger partial charge in [-0.1, -0.05) is 11.6 Å². The summed E-state index contributed by atoms with van der Waals surface area (Å²) >= 11 is 6.16. The number of carbonyl (C=O) groups excluding carboxylic acids is 2. The molecule has 1 aromatic heterocycles. The van der Waals surface area contributed by atoms with Crippen LogP contribution in [0, 0.1) is 12.3 Å². The third-order valence-corrected chi connectivity index (χ3v) is 6.27. The molecule has 2 aliphatic heterocycles. The van der Waals surface area contributed by atoms with Gasteiger partial charge in [0, 0.05) is 42.2 Å². The molecule has 172 valence electrons. The molecule has 2 aromatic rings. The molecule has 2 fully saturated rings. The highest BCUT2D eigenvalue weighted by atomic mass is 35.5. The van der Waals surface area contributed by atoms with Crippen molar-refractivity contribution in [2.45, 2.75) is 32.3 Å². The summed E-state index contributed by atoms with van der Waals surface area (Å²) in [6, 6.07) is 7.24. The standard InChI is InChI=1S/C22H26ClN3O3.CH2O2/c1-14-10-18(17-11-15(23)4-5-19(17)24-14)20(27)26-8-6-22(7-9-26)12-16(13-25(2)3)29-21(22)28;2-1-3/h4-5,10-11,16H,6-9,12-13H2,1-3H3;1H,(H,2,3). The lowest BCUT2D eigenvalue weighted by Gasteiger charge is -2.36. The minimum atomic E-state index is -0.447. The number of likely N-dealkylation sites (tertiary alicyclic amines) is 1. The number of ether oxygens (including phenoxy) is 1. The van der Waals surface area contributed by atoms with Crippen molar-refractivity contribution < 1.29 is 24.2 Å². The molecule has 9 heteroatoms. The van der Waals surface area contributed by atoms with Crippen LogP contribution in [0.1, 0.15) is 35.3 Å². The summed E-state index contributed by atoms with van der Waals surface area (Å²) in [7, 11) is 3.96. The van der Waals surface area contributed by atoms with Gasteiger partial charge in [-0.25, -0.2) is 0 Å². The fraction of sp³-hybridized carbons (Fsp3) is 0.478. The van der Waals surface area contributed by atoms with Crippen LogP contribution in [-0.4, -0.2) is 78.1 Å². The van der Waals surface area contributed by atoms with Gasteiger partial charge in [0.05, 0.1) is 16.5 Å². The topological polar surface area (TPSA) is 100 Å². The van der Waals surface area contributed by atoms with E-state index in [1.165, 1.54) is 0 Å². The molecule has 32 heavy (non-hydrogen) atoms. The highest BCUT2D eigenvalue weighted by molar-refractivity contribution is 6.31. The fourth-order valence-corrected chi connectivity index (χ4v) is 4.74. The molecule has 8 nitrogen and oxygen atoms in total. The number of hydrogen-bond acceptors (Lipinski definition) is 6. The van der Waals surface area contributed by atoms with Gasteiger partial charge < -0.3 is 19.6 Å². The highest BCUT2D eigenvalue weighted by Gasteiger charge is 2.50. The van der Waals surface area contributed by atoms with E-state index in [9.17, 15) is 9.59 Å². The van der Waals surface area contributed by atoms with E-state index in [1.54, 1.807) is 12.1 Å². The Bertz CT molecular complexity index is 1020. The zero-order valence-electron chi connectivity index (χ0n) is 18.5. The third kappa shape index (κ3) is 5.02. The summed E-state index contributed by atoms with van der Waals surface area (Å²) in [5.74, 6) is -0.137. The van der Waals surface area contributed by atoms with Gasteiger partial charge in [-0.3, -0.25) is 19.4 Å². The second-order valence-electron chi connectivity index (χ2n) is 8.64. The molecule has 3 heterocycles. The number of halogens is 1. The first-order chi connectivity index (χ1) is 15.2. The number of esters is 1. The second-order valence-corrected chi connectivity index (χ2v) is 9.08. The SMILES string of the molecule is Cc1cc(C(=O)N2CCC3(CC2)CC(CN(C)C)OC3=O)c2cc(Cl)ccc2n1.O=CO. The number of amides is 1. The number of hydrogen-bond donors (Lipinski definition) is 1. The van der Waals surface area contributed by atoms with Crippen LogP contribution in [0.5, 0.6) is 0 Å². The molecule has 0 radical (unpaired) electrons. The number of fused-ring (bicyclic) bond motifs is 1. The summed E-state index contributed by atoms with van der Waals surface area (Å²) in [5, 5.41) is 8.23. The van der Waals surface area contributed by atoms with E-state index in [4.69, 9.17) is 26.2 Å². The summed E-state index contributed by atoms with van der Waals surface area (Å²) < 4.78 is 5.63. The van der Waals surface area contributed by atoms with Crippen LogP contribution in [0.25, 0.3) is 10.9 Å². The van der Waals surface area contributed by atoms with Gasteiger partial charge in [-0.15, -0.1) is 0 Å². The number of carboxylic acid groups (broad SMARTS) is 1. The predicted octanol–water partition coefficient (Wildman–Crippen LogP) is 3.00. The maximum absolute atomic E-state index is 13.3. The smallest absolute Gasteiger partial charge is 0.312 e. The number of carbonyl (C=O) groups is 3. The molecular weight excluding hydrogens is 434 g/mol. The van der Waals surface area contributed by atoms with Crippen molar-refractivity contribution in [3.63, 3.8) is 0 Å². The molecule has 1 N–H and O–H groups in total. The molecule has 1 atom stereocenters. The van der Waals surface area contributed by atoms with Crippen molar-refractivity contribution in [2.75, 3.05) is 33.7 Å². The number of cyclic esters (lactones) is 1. The van der Waals surface area contributed by atoms with Crippen LogP contribution in [0.3, 0.4) is 0 Å². The highest BCUT2D eigenvalue weighted by Crippen LogP contribution is 2.43. The van der Waals surface area contributed by atoms with Crippen LogP contribution in [-0.2, 0) is 14.3 Å². The Balaban J connectivity index is 0.000000913. The van der Waals surface area contributed by atoms with E-state index in [2.05, 4.69) is 4.98 Å². The average molecular weight is 462 g/mol. The van der Waals surface area contributed by atoms with Gasteiger partial charge in [-0.2, -0.15) is 0 Å². The quantitative estimate of drug-likeness (QED) is 0.554. The molecule has 1 unspecified atom stereocenters. The van der Waals surface area contributed by atoms with Crippen molar-refractivity contribution in [3.8, 4) is 0 Å². The molecule has 1 aromatic carbocycles. The lowest BCUT2D eigenvalue weighted by atomic mass is 9.76. The zero-order chi connectivity index (χ0) is 23.5. The Morgan fingerprint density at radius 3 is 2.62 bits per heavy atom. The second kappa shape index (κ2) is 9.83. The maximum Gasteiger partial charge on any atom is 0.312 e. The Morgan fingerprint density at radius 2 is 2.00 bits per heavy atom. The summed E-state index contributed by atoms with van der Waals surface area (Å²) in [6.45, 7) is 3.46. The minimum Gasteiger partial charge on any atom is -0.483 e. The maximum atomic E-state index is 13.3. The van der Waals surface area contributed by atoms with E-state index in [0.29, 0.717) is 36.5 Å². The first kappa shape index (κ1) is 23.9. The van der Waals surface area contributed by atoms with E-state index < -0.39 is 5.41 Å². The van der Waals surface area contributed by atoms with E-state index in [0.717, 1.165) is 29.6 Å². The lowest BCUT2D eigenvalue weighted by molar-refractivity contribution is -0.150. The van der Waals surface area contributed by atoms with E-state index >= 15 is 0 Å². The number of piperidine rings is 1. The van der Waals surface area contributed by atoms with Crippen LogP contribution in [0.15, 0.2) is 24.3 Å². The van der Waals surface area contributed by atoms with Gasteiger partial charge >= 0.3 is 5.97 Å². The van der Waals surface area contributed by atoms with Crippen molar-refractivity contribution in [2.24, 2.45) is 5.41 Å². The molecule has 1 spiro atoms. The van der Waals surface area contributed by atoms with E-state index in [1.807, 2.05) is 43.0 Å². The van der Waals surface area contributed by atoms with Gasteiger partial charge in [0.1, 0.15) is 6.10 Å². The van der Waals surface area contributed by atoms with Gasteiger partial charge in [-0.05, 0) is 58.1 Å². The number of benzene rings is 1. The number of rotatable bonds is 3. The van der Waals surface area contributed by atoms with E-state index in [-0.39, 0.29) is 24.5 Å². The summed E-state index contributed by atoms with van der Waals surface area (Å²) in [5.41, 5.74) is 1.72. The molecular formula is C23H28ClN3O5. The van der Waals surface area contributed by atoms with Gasteiger partial charge in [0.15, 0.2) is 0 Å². The van der Waals surface area contributed by atoms with Gasteiger partial charge in [0.25, 0.3) is 12.4 Å². The number of likely N-dealkylation sites (N-methyl/N-ethyl adjacent to an activating group) is 1. The average Bonchev–Trinajstić information content (AvgIpc) is 3.02. The lowest BCUT2D eigenvalue weighted by Crippen LogP contribution is -2.45. The third-order valence-electron chi connectivity index (χ3n) is 6.03. The number of pyridine rings is 1. The minimum absolute atomic E-state index is 0.0335. The van der Waals surface area contributed by atoms with Crippen LogP contribution in [0.2, 0.25) is 5.02 Å². The predicted molar refractivity (Wildman–Crippen MR) is 121 cm³/mol. The molecule has 4 rings (SSSR count). The van der Waals surface area contributed by atoms with Crippen molar-refractivity contribution in [1.82, 2.24) is 14.8 Å². The van der Waals surface area contributed by atoms with Crippen LogP contribution in [0.4, 0.5) is 0 Å². The normalized spacial score (nSPS) is 19.6. The first-order valence-electron chi connectivity index (χ1n) is 10.5. The molecule has 2 aliphatic rings. The fourth-order valence-electron chi connectivity index (χ4n) is 4.57. The molecule has 0 aliphatic carbocycles. The number of aryl methyl sites for hydroxylation is 1. The Morgan fingerprint density at radius 1 is 1.34 bits per heavy atom.